The number of hydrogen-bond acceptors (Lipinski definition) is 3. The predicted octanol–water partition coefficient (Wildman–Crippen LogP) is 2.07. The molecule has 0 aliphatic heterocycles. The number of hydrogen-bond donors (Lipinski definition) is 0. The third kappa shape index (κ3) is 2.83. The molecule has 0 aliphatic carbocycles. The fourth-order valence-corrected chi connectivity index (χ4v) is 1.23. The van der Waals surface area contributed by atoms with Gasteiger partial charge in [0.2, 0.25) is 0 Å². The minimum absolute atomic E-state index is 0.379. The van der Waals surface area contributed by atoms with Gasteiger partial charge in [-0.25, -0.2) is 9.78 Å². The van der Waals surface area contributed by atoms with Crippen LogP contribution in [0.4, 0.5) is 0 Å². The average molecular weight is 193 g/mol. The molecule has 14 heavy (non-hydrogen) atoms. The molecule has 0 fully saturated rings. The third-order valence-corrected chi connectivity index (χ3v) is 1.82. The van der Waals surface area contributed by atoms with E-state index < -0.39 is 0 Å². The van der Waals surface area contributed by atoms with Crippen LogP contribution in [-0.4, -0.2) is 18.1 Å². The number of aromatic nitrogens is 1. The number of carbonyl (C=O) groups excluding carboxylic acids is 1. The summed E-state index contributed by atoms with van der Waals surface area (Å²) in [6.45, 7) is 4.24. The lowest BCUT2D eigenvalue weighted by atomic mass is 10.1. The first-order chi connectivity index (χ1) is 6.63. The van der Waals surface area contributed by atoms with Gasteiger partial charge >= 0.3 is 5.97 Å². The molecule has 1 rings (SSSR count). The van der Waals surface area contributed by atoms with Crippen LogP contribution in [-0.2, 0) is 11.2 Å². The highest BCUT2D eigenvalue weighted by molar-refractivity contribution is 5.87. The zero-order valence-electron chi connectivity index (χ0n) is 8.78. The highest BCUT2D eigenvalue weighted by atomic mass is 16.5. The van der Waals surface area contributed by atoms with Crippen LogP contribution in [0, 0.1) is 5.92 Å². The fourth-order valence-electron chi connectivity index (χ4n) is 1.23. The van der Waals surface area contributed by atoms with Crippen molar-refractivity contribution < 1.29 is 9.53 Å². The number of nitrogens with zero attached hydrogens (tertiary/aromatic N) is 1. The molecule has 1 heterocycles. The van der Waals surface area contributed by atoms with E-state index in [2.05, 4.69) is 23.6 Å². The Bertz CT molecular complexity index is 321. The second kappa shape index (κ2) is 4.74. The molecule has 1 aromatic rings. The number of pyridine rings is 1. The van der Waals surface area contributed by atoms with Crippen LogP contribution in [0.2, 0.25) is 0 Å². The first kappa shape index (κ1) is 10.7. The zero-order valence-corrected chi connectivity index (χ0v) is 8.78. The van der Waals surface area contributed by atoms with E-state index in [-0.39, 0.29) is 5.97 Å². The van der Waals surface area contributed by atoms with E-state index >= 15 is 0 Å². The van der Waals surface area contributed by atoms with E-state index in [1.165, 1.54) is 7.11 Å². The first-order valence-electron chi connectivity index (χ1n) is 4.67. The van der Waals surface area contributed by atoms with Gasteiger partial charge in [-0.15, -0.1) is 0 Å². The molecule has 0 saturated heterocycles. The van der Waals surface area contributed by atoms with Gasteiger partial charge in [0.05, 0.1) is 7.11 Å². The molecule has 3 heteroatoms. The molecule has 0 N–H and O–H groups in total. The Hall–Kier alpha value is -1.38. The van der Waals surface area contributed by atoms with E-state index in [0.29, 0.717) is 11.6 Å². The molecule has 3 nitrogen and oxygen atoms in total. The van der Waals surface area contributed by atoms with Gasteiger partial charge in [-0.3, -0.25) is 0 Å². The Morgan fingerprint density at radius 1 is 1.50 bits per heavy atom. The maximum atomic E-state index is 11.2. The van der Waals surface area contributed by atoms with Crippen LogP contribution in [0.5, 0.6) is 0 Å². The minimum Gasteiger partial charge on any atom is -0.464 e. The molecule has 0 saturated carbocycles. The monoisotopic (exact) mass is 193 g/mol. The van der Waals surface area contributed by atoms with Crippen LogP contribution in [0.15, 0.2) is 18.2 Å². The molecular weight excluding hydrogens is 178 g/mol. The van der Waals surface area contributed by atoms with E-state index in [0.717, 1.165) is 12.1 Å². The maximum absolute atomic E-state index is 11.2. The average Bonchev–Trinajstić information content (AvgIpc) is 2.16. The summed E-state index contributed by atoms with van der Waals surface area (Å²) in [7, 11) is 1.36. The molecule has 0 aromatic carbocycles. The standard InChI is InChI=1S/C11H15NO2/c1-8(2)7-9-5-4-6-10(12-9)11(13)14-3/h4-6,8H,7H2,1-3H3. The quantitative estimate of drug-likeness (QED) is 0.690. The van der Waals surface area contributed by atoms with Gasteiger partial charge in [-0.05, 0) is 24.5 Å². The number of rotatable bonds is 3. The van der Waals surface area contributed by atoms with Gasteiger partial charge in [0.15, 0.2) is 0 Å². The van der Waals surface area contributed by atoms with Crippen LogP contribution >= 0.6 is 0 Å². The van der Waals surface area contributed by atoms with Gasteiger partial charge in [-0.2, -0.15) is 0 Å². The summed E-state index contributed by atoms with van der Waals surface area (Å²) in [4.78, 5) is 15.4. The van der Waals surface area contributed by atoms with Gasteiger partial charge in [0.25, 0.3) is 0 Å². The van der Waals surface area contributed by atoms with Crippen LogP contribution in [0.1, 0.15) is 30.0 Å². The van der Waals surface area contributed by atoms with E-state index in [4.69, 9.17) is 0 Å². The molecule has 0 unspecified atom stereocenters. The van der Waals surface area contributed by atoms with Crippen LogP contribution in [0.3, 0.4) is 0 Å². The van der Waals surface area contributed by atoms with Gasteiger partial charge in [-0.1, -0.05) is 19.9 Å². The van der Waals surface area contributed by atoms with Crippen molar-refractivity contribution in [1.82, 2.24) is 4.98 Å². The normalized spacial score (nSPS) is 10.3. The van der Waals surface area contributed by atoms with Gasteiger partial charge in [0.1, 0.15) is 5.69 Å². The van der Waals surface area contributed by atoms with Gasteiger partial charge in [0, 0.05) is 5.69 Å². The van der Waals surface area contributed by atoms with Crippen molar-refractivity contribution in [2.24, 2.45) is 5.92 Å². The van der Waals surface area contributed by atoms with Crippen molar-refractivity contribution in [2.75, 3.05) is 7.11 Å². The lowest BCUT2D eigenvalue weighted by Crippen LogP contribution is -2.07. The fraction of sp³-hybridized carbons (Fsp3) is 0.455. The highest BCUT2D eigenvalue weighted by Gasteiger charge is 2.07. The Morgan fingerprint density at radius 3 is 2.79 bits per heavy atom. The molecule has 0 bridgehead atoms. The summed E-state index contributed by atoms with van der Waals surface area (Å²) in [6.07, 6.45) is 0.880. The van der Waals surface area contributed by atoms with Crippen molar-refractivity contribution in [2.45, 2.75) is 20.3 Å². The van der Waals surface area contributed by atoms with Crippen LogP contribution < -0.4 is 0 Å². The number of methoxy groups -OCH3 is 1. The van der Waals surface area contributed by atoms with E-state index in [1.54, 1.807) is 6.07 Å². The minimum atomic E-state index is -0.379. The summed E-state index contributed by atoms with van der Waals surface area (Å²) in [5, 5.41) is 0. The SMILES string of the molecule is COC(=O)c1cccc(CC(C)C)n1. The van der Waals surface area contributed by atoms with Crippen molar-refractivity contribution in [3.63, 3.8) is 0 Å². The summed E-state index contributed by atoms with van der Waals surface area (Å²) in [5.41, 5.74) is 1.31. The Balaban J connectivity index is 2.84. The maximum Gasteiger partial charge on any atom is 0.356 e. The highest BCUT2D eigenvalue weighted by Crippen LogP contribution is 2.06. The lowest BCUT2D eigenvalue weighted by molar-refractivity contribution is 0.0593. The van der Waals surface area contributed by atoms with E-state index in [1.807, 2.05) is 12.1 Å². The largest absolute Gasteiger partial charge is 0.464 e. The molecule has 1 aromatic heterocycles. The van der Waals surface area contributed by atoms with Gasteiger partial charge < -0.3 is 4.74 Å². The third-order valence-electron chi connectivity index (χ3n) is 1.82. The number of esters is 1. The van der Waals surface area contributed by atoms with Crippen molar-refractivity contribution in [3.8, 4) is 0 Å². The molecule has 0 spiro atoms. The Morgan fingerprint density at radius 2 is 2.21 bits per heavy atom. The second-order valence-corrected chi connectivity index (χ2v) is 3.60. The van der Waals surface area contributed by atoms with E-state index in [9.17, 15) is 4.79 Å². The molecule has 76 valence electrons. The molecule has 0 amide bonds. The summed E-state index contributed by atoms with van der Waals surface area (Å²) < 4.78 is 4.59. The lowest BCUT2D eigenvalue weighted by Gasteiger charge is -2.05. The molecule has 0 aliphatic rings. The zero-order chi connectivity index (χ0) is 10.6. The summed E-state index contributed by atoms with van der Waals surface area (Å²) in [5.74, 6) is 0.158. The van der Waals surface area contributed by atoms with Crippen molar-refractivity contribution >= 4 is 5.97 Å². The van der Waals surface area contributed by atoms with Crippen molar-refractivity contribution in [1.29, 1.82) is 0 Å². The summed E-state index contributed by atoms with van der Waals surface area (Å²) in [6, 6.07) is 5.42. The summed E-state index contributed by atoms with van der Waals surface area (Å²) >= 11 is 0. The number of ether oxygens (including phenoxy) is 1. The molecule has 0 radical (unpaired) electrons. The molecular formula is C11H15NO2. The smallest absolute Gasteiger partial charge is 0.356 e. The van der Waals surface area contributed by atoms with Crippen LogP contribution in [0.25, 0.3) is 0 Å². The number of carbonyl (C=O) groups is 1. The van der Waals surface area contributed by atoms with Crippen molar-refractivity contribution in [3.05, 3.63) is 29.6 Å². The Labute approximate surface area is 84.1 Å². The molecule has 0 atom stereocenters. The Kier molecular flexibility index (Phi) is 3.63. The topological polar surface area (TPSA) is 39.2 Å². The predicted molar refractivity (Wildman–Crippen MR) is 54.1 cm³/mol. The second-order valence-electron chi connectivity index (χ2n) is 3.60. The first-order valence-corrected chi connectivity index (χ1v) is 4.67.